The maximum atomic E-state index is 12.6. The molecule has 0 spiro atoms. The van der Waals surface area contributed by atoms with Crippen LogP contribution < -0.4 is 10.9 Å². The summed E-state index contributed by atoms with van der Waals surface area (Å²) in [6.45, 7) is 2.81. The first-order valence-electron chi connectivity index (χ1n) is 11.1. The molecule has 6 heteroatoms. The van der Waals surface area contributed by atoms with E-state index in [4.69, 9.17) is 12.2 Å². The number of H-pyrrole nitrogens is 1. The second-order valence-electron chi connectivity index (χ2n) is 8.25. The molecule has 0 saturated heterocycles. The smallest absolute Gasteiger partial charge is 0.262 e. The zero-order chi connectivity index (χ0) is 20.6. The van der Waals surface area contributed by atoms with Crippen LogP contribution in [0.1, 0.15) is 71.1 Å². The third-order valence-corrected chi connectivity index (χ3v) is 6.43. The van der Waals surface area contributed by atoms with Crippen molar-refractivity contribution < 1.29 is 4.79 Å². The van der Waals surface area contributed by atoms with Gasteiger partial charge in [-0.1, -0.05) is 44.7 Å². The Labute approximate surface area is 177 Å². The highest BCUT2D eigenvalue weighted by atomic mass is 32.1. The van der Waals surface area contributed by atoms with Crippen molar-refractivity contribution in [3.8, 4) is 0 Å². The molecule has 1 aliphatic rings. The molecular formula is C23H33N3O2S. The average molecular weight is 416 g/mol. The van der Waals surface area contributed by atoms with Crippen LogP contribution in [0.3, 0.4) is 0 Å². The second kappa shape index (κ2) is 10.7. The molecule has 1 fully saturated rings. The summed E-state index contributed by atoms with van der Waals surface area (Å²) in [7, 11) is 0. The number of amides is 1. The zero-order valence-electron chi connectivity index (χ0n) is 17.4. The number of hydrogen-bond acceptors (Lipinski definition) is 3. The summed E-state index contributed by atoms with van der Waals surface area (Å²) >= 11 is 5.35. The van der Waals surface area contributed by atoms with Crippen LogP contribution in [0.5, 0.6) is 0 Å². The molecule has 5 nitrogen and oxygen atoms in total. The summed E-state index contributed by atoms with van der Waals surface area (Å²) in [6, 6.07) is 7.82. The largest absolute Gasteiger partial charge is 0.353 e. The van der Waals surface area contributed by atoms with Crippen LogP contribution >= 0.6 is 12.2 Å². The maximum absolute atomic E-state index is 12.6. The molecule has 0 bridgehead atoms. The molecule has 0 radical (unpaired) electrons. The highest BCUT2D eigenvalue weighted by Crippen LogP contribution is 2.30. The number of aromatic amines is 1. The van der Waals surface area contributed by atoms with Gasteiger partial charge in [-0.15, -0.1) is 0 Å². The number of rotatable bonds is 10. The topological polar surface area (TPSA) is 66.9 Å². The number of benzene rings is 1. The van der Waals surface area contributed by atoms with E-state index in [9.17, 15) is 9.59 Å². The van der Waals surface area contributed by atoms with E-state index in [-0.39, 0.29) is 11.5 Å². The van der Waals surface area contributed by atoms with E-state index >= 15 is 0 Å². The van der Waals surface area contributed by atoms with Crippen molar-refractivity contribution in [2.24, 2.45) is 5.92 Å². The Bertz CT molecular complexity index is 934. The number of hydrogen-bond donors (Lipinski definition) is 2. The Kier molecular flexibility index (Phi) is 8.04. The van der Waals surface area contributed by atoms with Gasteiger partial charge in [-0.2, -0.15) is 0 Å². The summed E-state index contributed by atoms with van der Waals surface area (Å²) in [5.41, 5.74) is 0.737. The molecule has 2 atom stereocenters. The number of fused-ring (bicyclic) bond motifs is 1. The molecular weight excluding hydrogens is 382 g/mol. The highest BCUT2D eigenvalue weighted by Gasteiger charge is 2.27. The lowest BCUT2D eigenvalue weighted by molar-refractivity contribution is -0.122. The molecule has 2 aromatic rings. The van der Waals surface area contributed by atoms with Gasteiger partial charge in [0, 0.05) is 19.0 Å². The zero-order valence-corrected chi connectivity index (χ0v) is 18.2. The molecule has 158 valence electrons. The van der Waals surface area contributed by atoms with Gasteiger partial charge in [-0.3, -0.25) is 14.2 Å². The fourth-order valence-corrected chi connectivity index (χ4v) is 4.74. The van der Waals surface area contributed by atoms with Gasteiger partial charge >= 0.3 is 0 Å². The second-order valence-corrected chi connectivity index (χ2v) is 8.64. The summed E-state index contributed by atoms with van der Waals surface area (Å²) in [5, 5.41) is 3.93. The molecule has 1 saturated carbocycles. The van der Waals surface area contributed by atoms with E-state index in [1.807, 2.05) is 24.3 Å². The Balaban J connectivity index is 1.42. The Hall–Kier alpha value is -1.95. The lowest BCUT2D eigenvalue weighted by atomic mass is 9.96. The Morgan fingerprint density at radius 1 is 1.21 bits per heavy atom. The van der Waals surface area contributed by atoms with Crippen molar-refractivity contribution >= 4 is 29.0 Å². The number of unbranched alkanes of at least 4 members (excludes halogenated alkanes) is 3. The molecule has 1 amide bonds. The van der Waals surface area contributed by atoms with Gasteiger partial charge in [0.1, 0.15) is 0 Å². The van der Waals surface area contributed by atoms with Crippen molar-refractivity contribution in [2.45, 2.75) is 83.7 Å². The number of carbonyl (C=O) groups excluding carboxylic acids is 1. The van der Waals surface area contributed by atoms with Crippen LogP contribution in [-0.2, 0) is 11.3 Å². The lowest BCUT2D eigenvalue weighted by Gasteiger charge is -2.21. The molecule has 1 heterocycles. The minimum Gasteiger partial charge on any atom is -0.353 e. The minimum absolute atomic E-state index is 0.0403. The fraction of sp³-hybridized carbons (Fsp3) is 0.609. The fourth-order valence-electron chi connectivity index (χ4n) is 4.45. The van der Waals surface area contributed by atoms with E-state index in [2.05, 4.69) is 17.2 Å². The first-order valence-corrected chi connectivity index (χ1v) is 11.5. The highest BCUT2D eigenvalue weighted by molar-refractivity contribution is 7.71. The first kappa shape index (κ1) is 21.8. The van der Waals surface area contributed by atoms with Crippen molar-refractivity contribution in [3.05, 3.63) is 39.4 Å². The Morgan fingerprint density at radius 2 is 2.03 bits per heavy atom. The van der Waals surface area contributed by atoms with Gasteiger partial charge in [-0.25, -0.2) is 0 Å². The maximum Gasteiger partial charge on any atom is 0.262 e. The third-order valence-electron chi connectivity index (χ3n) is 6.11. The molecule has 1 aromatic heterocycles. The normalized spacial score (nSPS) is 18.9. The van der Waals surface area contributed by atoms with Crippen LogP contribution in [0, 0.1) is 10.7 Å². The number of nitrogens with zero attached hydrogens (tertiary/aromatic N) is 1. The number of para-hydroxylation sites is 1. The van der Waals surface area contributed by atoms with Crippen LogP contribution in [0.2, 0.25) is 0 Å². The first-order chi connectivity index (χ1) is 14.1. The number of nitrogens with one attached hydrogen (secondary N) is 2. The van der Waals surface area contributed by atoms with E-state index in [0.29, 0.717) is 35.1 Å². The number of aromatic nitrogens is 2. The van der Waals surface area contributed by atoms with Crippen molar-refractivity contribution in [3.63, 3.8) is 0 Å². The molecule has 1 aromatic carbocycles. The van der Waals surface area contributed by atoms with E-state index in [0.717, 1.165) is 31.2 Å². The van der Waals surface area contributed by atoms with E-state index < -0.39 is 0 Å². The minimum atomic E-state index is -0.0403. The van der Waals surface area contributed by atoms with Crippen molar-refractivity contribution in [1.29, 1.82) is 0 Å². The van der Waals surface area contributed by atoms with Gasteiger partial charge in [0.15, 0.2) is 4.77 Å². The summed E-state index contributed by atoms with van der Waals surface area (Å²) in [5.74, 6) is 0.846. The van der Waals surface area contributed by atoms with Gasteiger partial charge < -0.3 is 10.3 Å². The SMILES string of the molecule is CCCCC1CCCC1NC(=O)CCCCCn1c(=S)[nH]c2ccccc2c1=O. The van der Waals surface area contributed by atoms with Gasteiger partial charge in [-0.05, 0) is 62.4 Å². The molecule has 2 unspecified atom stereocenters. The van der Waals surface area contributed by atoms with Crippen LogP contribution in [0.15, 0.2) is 29.1 Å². The molecule has 1 aliphatic carbocycles. The molecule has 2 N–H and O–H groups in total. The van der Waals surface area contributed by atoms with E-state index in [1.165, 1.54) is 32.1 Å². The van der Waals surface area contributed by atoms with Crippen LogP contribution in [-0.4, -0.2) is 21.5 Å². The molecule has 0 aliphatic heterocycles. The quantitative estimate of drug-likeness (QED) is 0.419. The van der Waals surface area contributed by atoms with Gasteiger partial charge in [0.25, 0.3) is 5.56 Å². The van der Waals surface area contributed by atoms with E-state index in [1.54, 1.807) is 4.57 Å². The van der Waals surface area contributed by atoms with Crippen molar-refractivity contribution in [1.82, 2.24) is 14.9 Å². The predicted molar refractivity (Wildman–Crippen MR) is 121 cm³/mol. The number of carbonyl (C=O) groups is 1. The third kappa shape index (κ3) is 5.78. The predicted octanol–water partition coefficient (Wildman–Crippen LogP) is 5.09. The molecule has 3 rings (SSSR count). The summed E-state index contributed by atoms with van der Waals surface area (Å²) in [4.78, 5) is 28.1. The average Bonchev–Trinajstić information content (AvgIpc) is 3.15. The lowest BCUT2D eigenvalue weighted by Crippen LogP contribution is -2.37. The molecule has 29 heavy (non-hydrogen) atoms. The van der Waals surface area contributed by atoms with Gasteiger partial charge in [0.2, 0.25) is 5.91 Å². The monoisotopic (exact) mass is 415 g/mol. The van der Waals surface area contributed by atoms with Crippen molar-refractivity contribution in [2.75, 3.05) is 0 Å². The van der Waals surface area contributed by atoms with Gasteiger partial charge in [0.05, 0.1) is 10.9 Å². The van der Waals surface area contributed by atoms with Crippen LogP contribution in [0.25, 0.3) is 10.9 Å². The Morgan fingerprint density at radius 3 is 2.86 bits per heavy atom. The summed E-state index contributed by atoms with van der Waals surface area (Å²) < 4.78 is 2.10. The van der Waals surface area contributed by atoms with Crippen LogP contribution in [0.4, 0.5) is 0 Å². The summed E-state index contributed by atoms with van der Waals surface area (Å²) in [6.07, 6.45) is 10.5. The standard InChI is InChI=1S/C23H33N3O2S/c1-2-3-10-17-11-9-14-19(17)24-21(27)15-5-4-8-16-26-22(28)18-12-6-7-13-20(18)25-23(26)29/h6-7,12-13,17,19H,2-5,8-11,14-16H2,1H3,(H,24,27)(H,25,29).